The lowest BCUT2D eigenvalue weighted by molar-refractivity contribution is 0.0741. The fourth-order valence-electron chi connectivity index (χ4n) is 2.36. The maximum atomic E-state index is 12.1. The molecule has 1 saturated heterocycles. The van der Waals surface area contributed by atoms with Crippen molar-refractivity contribution in [3.05, 3.63) is 36.2 Å². The predicted octanol–water partition coefficient (Wildman–Crippen LogP) is 0.349. The first-order chi connectivity index (χ1) is 9.74. The molecule has 0 atom stereocenters. The normalized spacial score (nSPS) is 15.4. The number of H-pyrrole nitrogens is 1. The molecule has 7 heteroatoms. The van der Waals surface area contributed by atoms with Gasteiger partial charge in [-0.2, -0.15) is 15.4 Å². The summed E-state index contributed by atoms with van der Waals surface area (Å²) in [6, 6.07) is 7.80. The molecule has 1 fully saturated rings. The van der Waals surface area contributed by atoms with Gasteiger partial charge in [-0.15, -0.1) is 0 Å². The number of nitrogens with one attached hydrogen (secondary N) is 1. The van der Waals surface area contributed by atoms with E-state index in [1.165, 1.54) is 6.20 Å². The van der Waals surface area contributed by atoms with E-state index in [1.807, 2.05) is 24.3 Å². The third-order valence-corrected chi connectivity index (χ3v) is 3.44. The van der Waals surface area contributed by atoms with Crippen LogP contribution < -0.4 is 10.6 Å². The van der Waals surface area contributed by atoms with Crippen LogP contribution in [0.3, 0.4) is 0 Å². The van der Waals surface area contributed by atoms with Crippen molar-refractivity contribution in [2.45, 2.75) is 0 Å². The van der Waals surface area contributed by atoms with Gasteiger partial charge in [-0.25, -0.2) is 0 Å². The highest BCUT2D eigenvalue weighted by atomic mass is 16.2. The fraction of sp³-hybridized carbons (Fsp3) is 0.308. The number of piperazine rings is 1. The molecule has 20 heavy (non-hydrogen) atoms. The second kappa shape index (κ2) is 5.20. The molecule has 0 aliphatic carbocycles. The highest BCUT2D eigenvalue weighted by Gasteiger charge is 2.23. The number of aromatic nitrogens is 3. The van der Waals surface area contributed by atoms with Gasteiger partial charge in [0.1, 0.15) is 0 Å². The van der Waals surface area contributed by atoms with E-state index < -0.39 is 0 Å². The van der Waals surface area contributed by atoms with Gasteiger partial charge in [0.25, 0.3) is 5.91 Å². The Morgan fingerprint density at radius 2 is 2.05 bits per heavy atom. The van der Waals surface area contributed by atoms with Crippen LogP contribution in [0.1, 0.15) is 10.5 Å². The van der Waals surface area contributed by atoms with E-state index in [1.54, 1.807) is 4.90 Å². The lowest BCUT2D eigenvalue weighted by atomic mass is 10.2. The van der Waals surface area contributed by atoms with Gasteiger partial charge >= 0.3 is 0 Å². The van der Waals surface area contributed by atoms with Crippen LogP contribution in [0.2, 0.25) is 0 Å². The van der Waals surface area contributed by atoms with Crippen molar-refractivity contribution in [3.63, 3.8) is 0 Å². The second-order valence-electron chi connectivity index (χ2n) is 4.73. The molecule has 3 rings (SSSR count). The van der Waals surface area contributed by atoms with Crippen LogP contribution in [0, 0.1) is 0 Å². The predicted molar refractivity (Wildman–Crippen MR) is 75.4 cm³/mol. The Morgan fingerprint density at radius 3 is 2.70 bits per heavy atom. The number of nitrogens with zero attached hydrogens (tertiary/aromatic N) is 4. The number of carbonyl (C=O) groups excluding carboxylic acids is 1. The molecular weight excluding hydrogens is 256 g/mol. The Hall–Kier alpha value is -2.57. The second-order valence-corrected chi connectivity index (χ2v) is 4.73. The summed E-state index contributed by atoms with van der Waals surface area (Å²) in [5.74, 6) is -0.0778. The molecule has 0 spiro atoms. The number of rotatable bonds is 2. The SMILES string of the molecule is Nc1cccc(N2CCN(C(=O)c3cn[nH]n3)CC2)c1. The molecule has 1 aliphatic heterocycles. The zero-order chi connectivity index (χ0) is 13.9. The van der Waals surface area contributed by atoms with Crippen LogP contribution in [0.4, 0.5) is 11.4 Å². The van der Waals surface area contributed by atoms with Gasteiger partial charge in [-0.3, -0.25) is 4.79 Å². The minimum Gasteiger partial charge on any atom is -0.399 e. The minimum absolute atomic E-state index is 0.0778. The van der Waals surface area contributed by atoms with Crippen molar-refractivity contribution in [3.8, 4) is 0 Å². The highest BCUT2D eigenvalue weighted by molar-refractivity contribution is 5.92. The Balaban J connectivity index is 1.64. The molecule has 1 aromatic heterocycles. The van der Waals surface area contributed by atoms with Gasteiger partial charge in [0.15, 0.2) is 5.69 Å². The molecule has 7 nitrogen and oxygen atoms in total. The van der Waals surface area contributed by atoms with E-state index in [0.717, 1.165) is 24.5 Å². The number of benzene rings is 1. The van der Waals surface area contributed by atoms with Crippen LogP contribution >= 0.6 is 0 Å². The van der Waals surface area contributed by atoms with Gasteiger partial charge in [0.2, 0.25) is 0 Å². The molecule has 0 saturated carbocycles. The van der Waals surface area contributed by atoms with E-state index in [4.69, 9.17) is 5.73 Å². The molecule has 0 bridgehead atoms. The molecule has 1 aliphatic rings. The first-order valence-electron chi connectivity index (χ1n) is 6.49. The lowest BCUT2D eigenvalue weighted by Crippen LogP contribution is -2.48. The third kappa shape index (κ3) is 2.42. The van der Waals surface area contributed by atoms with Crippen LogP contribution in [0.5, 0.6) is 0 Å². The maximum Gasteiger partial charge on any atom is 0.276 e. The first kappa shape index (κ1) is 12.5. The topological polar surface area (TPSA) is 91.1 Å². The Morgan fingerprint density at radius 1 is 1.25 bits per heavy atom. The summed E-state index contributed by atoms with van der Waals surface area (Å²) < 4.78 is 0. The summed E-state index contributed by atoms with van der Waals surface area (Å²) in [7, 11) is 0. The Bertz CT molecular complexity index is 589. The molecule has 2 heterocycles. The number of hydrogen-bond donors (Lipinski definition) is 2. The molecular formula is C13H16N6O. The molecule has 104 valence electrons. The van der Waals surface area contributed by atoms with E-state index in [9.17, 15) is 4.79 Å². The van der Waals surface area contributed by atoms with Gasteiger partial charge in [0.05, 0.1) is 6.20 Å². The van der Waals surface area contributed by atoms with E-state index in [2.05, 4.69) is 20.3 Å². The zero-order valence-corrected chi connectivity index (χ0v) is 11.0. The molecule has 0 radical (unpaired) electrons. The molecule has 0 unspecified atom stereocenters. The minimum atomic E-state index is -0.0778. The Kier molecular flexibility index (Phi) is 3.24. The van der Waals surface area contributed by atoms with Crippen molar-refractivity contribution >= 4 is 17.3 Å². The monoisotopic (exact) mass is 272 g/mol. The average molecular weight is 272 g/mol. The number of hydrogen-bond acceptors (Lipinski definition) is 5. The molecule has 1 aromatic carbocycles. The van der Waals surface area contributed by atoms with Gasteiger partial charge in [0, 0.05) is 37.6 Å². The number of anilines is 2. The van der Waals surface area contributed by atoms with Crippen LogP contribution in [0.25, 0.3) is 0 Å². The van der Waals surface area contributed by atoms with Crippen LogP contribution in [-0.4, -0.2) is 52.4 Å². The average Bonchev–Trinajstić information content (AvgIpc) is 3.01. The smallest absolute Gasteiger partial charge is 0.276 e. The van der Waals surface area contributed by atoms with Crippen molar-refractivity contribution in [1.29, 1.82) is 0 Å². The van der Waals surface area contributed by atoms with Gasteiger partial charge in [-0.1, -0.05) is 6.07 Å². The standard InChI is InChI=1S/C13H16N6O/c14-10-2-1-3-11(8-10)18-4-6-19(7-5-18)13(20)12-9-15-17-16-12/h1-3,8-9H,4-7,14H2,(H,15,16,17). The first-order valence-corrected chi connectivity index (χ1v) is 6.49. The molecule has 1 amide bonds. The molecule has 2 aromatic rings. The number of nitrogens with two attached hydrogens (primary N) is 1. The quantitative estimate of drug-likeness (QED) is 0.770. The largest absolute Gasteiger partial charge is 0.399 e. The van der Waals surface area contributed by atoms with Crippen molar-refractivity contribution < 1.29 is 4.79 Å². The van der Waals surface area contributed by atoms with Crippen molar-refractivity contribution in [2.75, 3.05) is 36.8 Å². The summed E-state index contributed by atoms with van der Waals surface area (Å²) in [5, 5.41) is 9.94. The molecule has 3 N–H and O–H groups in total. The van der Waals surface area contributed by atoms with Crippen LogP contribution in [-0.2, 0) is 0 Å². The summed E-state index contributed by atoms with van der Waals surface area (Å²) >= 11 is 0. The van der Waals surface area contributed by atoms with E-state index in [0.29, 0.717) is 18.8 Å². The summed E-state index contributed by atoms with van der Waals surface area (Å²) in [6.07, 6.45) is 1.45. The maximum absolute atomic E-state index is 12.1. The lowest BCUT2D eigenvalue weighted by Gasteiger charge is -2.35. The van der Waals surface area contributed by atoms with Gasteiger partial charge < -0.3 is 15.5 Å². The summed E-state index contributed by atoms with van der Waals surface area (Å²) in [6.45, 7) is 2.90. The Labute approximate surface area is 116 Å². The fourth-order valence-corrected chi connectivity index (χ4v) is 2.36. The van der Waals surface area contributed by atoms with Crippen molar-refractivity contribution in [1.82, 2.24) is 20.3 Å². The summed E-state index contributed by atoms with van der Waals surface area (Å²) in [4.78, 5) is 16.1. The summed E-state index contributed by atoms with van der Waals surface area (Å²) in [5.41, 5.74) is 8.01. The highest BCUT2D eigenvalue weighted by Crippen LogP contribution is 2.19. The van der Waals surface area contributed by atoms with E-state index in [-0.39, 0.29) is 5.91 Å². The van der Waals surface area contributed by atoms with Gasteiger partial charge in [-0.05, 0) is 18.2 Å². The number of aromatic amines is 1. The third-order valence-electron chi connectivity index (χ3n) is 3.44. The number of carbonyl (C=O) groups is 1. The van der Waals surface area contributed by atoms with Crippen LogP contribution in [0.15, 0.2) is 30.5 Å². The zero-order valence-electron chi connectivity index (χ0n) is 11.0. The number of nitrogen functional groups attached to an aromatic ring is 1. The number of amides is 1. The van der Waals surface area contributed by atoms with E-state index >= 15 is 0 Å². The van der Waals surface area contributed by atoms with Crippen molar-refractivity contribution in [2.24, 2.45) is 0 Å².